The fraction of sp³-hybridized carbons (Fsp3) is 0.167. The molecular weight excluding hydrogens is 290 g/mol. The van der Waals surface area contributed by atoms with E-state index in [1.165, 1.54) is 0 Å². The highest BCUT2D eigenvalue weighted by Gasteiger charge is 2.14. The Hall–Kier alpha value is -2.95. The monoisotopic (exact) mass is 307 g/mol. The Labute approximate surface area is 134 Å². The minimum absolute atomic E-state index is 0.0635. The molecule has 116 valence electrons. The standard InChI is InChI=1S/C18H17N3O2/c1-12-5-4-6-16(11-12)21(3)18(22)15-9-7-14(8-10-15)17-19-13(2)23-20-17/h4-11H,1-3H3. The van der Waals surface area contributed by atoms with E-state index in [1.54, 1.807) is 31.0 Å². The Morgan fingerprint density at radius 3 is 2.43 bits per heavy atom. The van der Waals surface area contributed by atoms with Gasteiger partial charge in [-0.25, -0.2) is 0 Å². The van der Waals surface area contributed by atoms with Crippen LogP contribution in [0.4, 0.5) is 5.69 Å². The van der Waals surface area contributed by atoms with Gasteiger partial charge >= 0.3 is 0 Å². The maximum absolute atomic E-state index is 12.6. The smallest absolute Gasteiger partial charge is 0.258 e. The number of nitrogens with zero attached hydrogens (tertiary/aromatic N) is 3. The highest BCUT2D eigenvalue weighted by molar-refractivity contribution is 6.05. The lowest BCUT2D eigenvalue weighted by atomic mass is 10.1. The second-order valence-electron chi connectivity index (χ2n) is 5.42. The number of hydrogen-bond acceptors (Lipinski definition) is 4. The largest absolute Gasteiger partial charge is 0.339 e. The molecular formula is C18H17N3O2. The summed E-state index contributed by atoms with van der Waals surface area (Å²) in [4.78, 5) is 18.4. The van der Waals surface area contributed by atoms with Crippen LogP contribution in [0.5, 0.6) is 0 Å². The van der Waals surface area contributed by atoms with Crippen molar-refractivity contribution in [1.82, 2.24) is 10.1 Å². The van der Waals surface area contributed by atoms with Gasteiger partial charge in [-0.15, -0.1) is 0 Å². The Morgan fingerprint density at radius 2 is 1.83 bits per heavy atom. The molecule has 0 bridgehead atoms. The van der Waals surface area contributed by atoms with Gasteiger partial charge in [0.1, 0.15) is 0 Å². The SMILES string of the molecule is Cc1cccc(N(C)C(=O)c2ccc(-c3noc(C)n3)cc2)c1. The van der Waals surface area contributed by atoms with Crippen molar-refractivity contribution in [3.63, 3.8) is 0 Å². The van der Waals surface area contributed by atoms with Crippen LogP contribution in [0.3, 0.4) is 0 Å². The molecule has 5 nitrogen and oxygen atoms in total. The quantitative estimate of drug-likeness (QED) is 0.741. The van der Waals surface area contributed by atoms with Gasteiger partial charge in [0.25, 0.3) is 5.91 Å². The number of benzene rings is 2. The van der Waals surface area contributed by atoms with Gasteiger partial charge < -0.3 is 9.42 Å². The van der Waals surface area contributed by atoms with Gasteiger partial charge in [0.05, 0.1) is 0 Å². The number of aromatic nitrogens is 2. The molecule has 23 heavy (non-hydrogen) atoms. The van der Waals surface area contributed by atoms with Crippen LogP contribution in [-0.4, -0.2) is 23.1 Å². The van der Waals surface area contributed by atoms with Gasteiger partial charge in [-0.05, 0) is 36.8 Å². The van der Waals surface area contributed by atoms with E-state index < -0.39 is 0 Å². The molecule has 0 N–H and O–H groups in total. The minimum Gasteiger partial charge on any atom is -0.339 e. The summed E-state index contributed by atoms with van der Waals surface area (Å²) in [6.07, 6.45) is 0. The summed E-state index contributed by atoms with van der Waals surface area (Å²) in [7, 11) is 1.77. The van der Waals surface area contributed by atoms with Crippen LogP contribution in [0.1, 0.15) is 21.8 Å². The Morgan fingerprint density at radius 1 is 1.09 bits per heavy atom. The van der Waals surface area contributed by atoms with Gasteiger partial charge in [0, 0.05) is 30.8 Å². The minimum atomic E-state index is -0.0635. The number of amides is 1. The first-order valence-electron chi connectivity index (χ1n) is 7.30. The van der Waals surface area contributed by atoms with E-state index in [2.05, 4.69) is 10.1 Å². The molecule has 5 heteroatoms. The first kappa shape index (κ1) is 15.0. The van der Waals surface area contributed by atoms with Crippen LogP contribution < -0.4 is 4.90 Å². The molecule has 3 rings (SSSR count). The molecule has 1 aromatic heterocycles. The van der Waals surface area contributed by atoms with E-state index in [1.807, 2.05) is 43.3 Å². The Kier molecular flexibility index (Phi) is 3.93. The molecule has 0 saturated heterocycles. The highest BCUT2D eigenvalue weighted by atomic mass is 16.5. The van der Waals surface area contributed by atoms with Crippen LogP contribution in [0.2, 0.25) is 0 Å². The van der Waals surface area contributed by atoms with Crippen molar-refractivity contribution in [2.45, 2.75) is 13.8 Å². The molecule has 3 aromatic rings. The maximum atomic E-state index is 12.6. The normalized spacial score (nSPS) is 10.6. The number of anilines is 1. The summed E-state index contributed by atoms with van der Waals surface area (Å²) in [6.45, 7) is 3.74. The zero-order valence-corrected chi connectivity index (χ0v) is 13.3. The third kappa shape index (κ3) is 3.13. The molecule has 0 radical (unpaired) electrons. The molecule has 0 spiro atoms. The number of hydrogen-bond donors (Lipinski definition) is 0. The van der Waals surface area contributed by atoms with Crippen molar-refractivity contribution < 1.29 is 9.32 Å². The molecule has 0 saturated carbocycles. The van der Waals surface area contributed by atoms with Gasteiger partial charge in [-0.3, -0.25) is 4.79 Å². The number of rotatable bonds is 3. The predicted molar refractivity (Wildman–Crippen MR) is 88.4 cm³/mol. The second-order valence-corrected chi connectivity index (χ2v) is 5.42. The van der Waals surface area contributed by atoms with Crippen LogP contribution in [0, 0.1) is 13.8 Å². The lowest BCUT2D eigenvalue weighted by Crippen LogP contribution is -2.26. The Balaban J connectivity index is 1.82. The first-order valence-corrected chi connectivity index (χ1v) is 7.30. The lowest BCUT2D eigenvalue weighted by molar-refractivity contribution is 0.0993. The van der Waals surface area contributed by atoms with Crippen LogP contribution in [-0.2, 0) is 0 Å². The summed E-state index contributed by atoms with van der Waals surface area (Å²) in [5.74, 6) is 0.972. The molecule has 0 aliphatic carbocycles. The van der Waals surface area contributed by atoms with E-state index in [4.69, 9.17) is 4.52 Å². The van der Waals surface area contributed by atoms with Gasteiger partial charge in [0.15, 0.2) is 0 Å². The van der Waals surface area contributed by atoms with E-state index in [0.29, 0.717) is 17.3 Å². The van der Waals surface area contributed by atoms with E-state index in [0.717, 1.165) is 16.8 Å². The zero-order valence-electron chi connectivity index (χ0n) is 13.3. The highest BCUT2D eigenvalue weighted by Crippen LogP contribution is 2.20. The molecule has 0 aliphatic rings. The second kappa shape index (κ2) is 6.04. The summed E-state index contributed by atoms with van der Waals surface area (Å²) in [6, 6.07) is 15.0. The van der Waals surface area contributed by atoms with Crippen molar-refractivity contribution >= 4 is 11.6 Å². The van der Waals surface area contributed by atoms with Gasteiger partial charge in [-0.2, -0.15) is 4.98 Å². The molecule has 0 fully saturated rings. The number of carbonyl (C=O) groups is 1. The zero-order chi connectivity index (χ0) is 16.4. The fourth-order valence-corrected chi connectivity index (χ4v) is 2.33. The lowest BCUT2D eigenvalue weighted by Gasteiger charge is -2.18. The van der Waals surface area contributed by atoms with Crippen molar-refractivity contribution in [3.05, 3.63) is 65.5 Å². The van der Waals surface area contributed by atoms with E-state index >= 15 is 0 Å². The fourth-order valence-electron chi connectivity index (χ4n) is 2.33. The third-order valence-corrected chi connectivity index (χ3v) is 3.61. The molecule has 1 heterocycles. The van der Waals surface area contributed by atoms with Crippen LogP contribution in [0.15, 0.2) is 53.1 Å². The van der Waals surface area contributed by atoms with Crippen molar-refractivity contribution in [2.75, 3.05) is 11.9 Å². The van der Waals surface area contributed by atoms with Gasteiger partial charge in [0.2, 0.25) is 11.7 Å². The summed E-state index contributed by atoms with van der Waals surface area (Å²) >= 11 is 0. The van der Waals surface area contributed by atoms with E-state index in [9.17, 15) is 4.79 Å². The van der Waals surface area contributed by atoms with Crippen molar-refractivity contribution in [2.24, 2.45) is 0 Å². The summed E-state index contributed by atoms with van der Waals surface area (Å²) in [5, 5.41) is 3.87. The Bertz CT molecular complexity index is 837. The summed E-state index contributed by atoms with van der Waals surface area (Å²) < 4.78 is 4.97. The molecule has 1 amide bonds. The van der Waals surface area contributed by atoms with E-state index in [-0.39, 0.29) is 5.91 Å². The first-order chi connectivity index (χ1) is 11.0. The topological polar surface area (TPSA) is 59.2 Å². The van der Waals surface area contributed by atoms with Crippen LogP contribution >= 0.6 is 0 Å². The predicted octanol–water partition coefficient (Wildman–Crippen LogP) is 3.63. The average Bonchev–Trinajstić information content (AvgIpc) is 3.00. The third-order valence-electron chi connectivity index (χ3n) is 3.61. The average molecular weight is 307 g/mol. The van der Waals surface area contributed by atoms with Crippen molar-refractivity contribution in [1.29, 1.82) is 0 Å². The molecule has 0 unspecified atom stereocenters. The van der Waals surface area contributed by atoms with Gasteiger partial charge in [-0.1, -0.05) is 29.4 Å². The summed E-state index contributed by atoms with van der Waals surface area (Å²) in [5.41, 5.74) is 3.41. The maximum Gasteiger partial charge on any atom is 0.258 e. The number of carbonyl (C=O) groups excluding carboxylic acids is 1. The van der Waals surface area contributed by atoms with Crippen molar-refractivity contribution in [3.8, 4) is 11.4 Å². The number of aryl methyl sites for hydroxylation is 2. The molecule has 2 aromatic carbocycles. The van der Waals surface area contributed by atoms with Crippen LogP contribution in [0.25, 0.3) is 11.4 Å². The molecule has 0 aliphatic heterocycles. The molecule has 0 atom stereocenters.